The van der Waals surface area contributed by atoms with Gasteiger partial charge in [-0.2, -0.15) is 18.3 Å². The second kappa shape index (κ2) is 7.15. The van der Waals surface area contributed by atoms with Gasteiger partial charge in [0.2, 0.25) is 5.91 Å². The Balaban J connectivity index is 1.61. The Morgan fingerprint density at radius 2 is 1.92 bits per heavy atom. The smallest absolute Gasteiger partial charge is 0.353 e. The topological polar surface area (TPSA) is 50.2 Å². The first-order valence-electron chi connectivity index (χ1n) is 8.57. The minimum atomic E-state index is -4.58. The average molecular weight is 379 g/mol. The first-order valence-corrected chi connectivity index (χ1v) is 8.95. The van der Waals surface area contributed by atoms with Crippen LogP contribution in [0.5, 0.6) is 0 Å². The number of carbonyl (C=O) groups excluding carboxylic acids is 1. The van der Waals surface area contributed by atoms with Gasteiger partial charge in [0.1, 0.15) is 0 Å². The first-order chi connectivity index (χ1) is 11.8. The van der Waals surface area contributed by atoms with Gasteiger partial charge in [0.15, 0.2) is 5.69 Å². The first kappa shape index (κ1) is 18.5. The zero-order valence-electron chi connectivity index (χ0n) is 14.1. The number of aryl methyl sites for hydroxylation is 1. The van der Waals surface area contributed by atoms with E-state index in [1.165, 1.54) is 4.68 Å². The summed E-state index contributed by atoms with van der Waals surface area (Å²) in [6, 6.07) is 0.138. The Bertz CT molecular complexity index is 634. The molecule has 1 aromatic rings. The van der Waals surface area contributed by atoms with Crippen LogP contribution >= 0.6 is 11.6 Å². The SMILES string of the molecule is CN1CCC(NC(=O)CCn2nc(C(F)(F)F)c(Cl)c2C2CC2)CC1. The Morgan fingerprint density at radius 1 is 1.28 bits per heavy atom. The molecule has 1 aliphatic carbocycles. The number of amides is 1. The summed E-state index contributed by atoms with van der Waals surface area (Å²) in [5.41, 5.74) is -0.632. The number of carbonyl (C=O) groups is 1. The van der Waals surface area contributed by atoms with Crippen LogP contribution in [0.25, 0.3) is 0 Å². The number of hydrogen-bond acceptors (Lipinski definition) is 3. The monoisotopic (exact) mass is 378 g/mol. The highest BCUT2D eigenvalue weighted by Crippen LogP contribution is 2.46. The molecule has 0 aromatic carbocycles. The molecule has 2 aliphatic rings. The molecule has 0 spiro atoms. The molecule has 1 N–H and O–H groups in total. The summed E-state index contributed by atoms with van der Waals surface area (Å²) in [7, 11) is 2.04. The molecular weight excluding hydrogens is 357 g/mol. The maximum atomic E-state index is 13.0. The van der Waals surface area contributed by atoms with Gasteiger partial charge in [-0.15, -0.1) is 0 Å². The molecule has 5 nitrogen and oxygen atoms in total. The van der Waals surface area contributed by atoms with Crippen LogP contribution in [-0.4, -0.2) is 46.8 Å². The van der Waals surface area contributed by atoms with Crippen molar-refractivity contribution >= 4 is 17.5 Å². The van der Waals surface area contributed by atoms with E-state index in [1.807, 2.05) is 7.05 Å². The number of aromatic nitrogens is 2. The Labute approximate surface area is 149 Å². The zero-order valence-corrected chi connectivity index (χ0v) is 14.8. The van der Waals surface area contributed by atoms with Crippen molar-refractivity contribution in [2.24, 2.45) is 0 Å². The third-order valence-corrected chi connectivity index (χ3v) is 5.17. The summed E-state index contributed by atoms with van der Waals surface area (Å²) in [4.78, 5) is 14.3. The van der Waals surface area contributed by atoms with Crippen LogP contribution in [0.1, 0.15) is 49.4 Å². The maximum Gasteiger partial charge on any atom is 0.436 e. The van der Waals surface area contributed by atoms with Gasteiger partial charge in [0, 0.05) is 18.4 Å². The third-order valence-electron chi connectivity index (χ3n) is 4.80. The Hall–Kier alpha value is -1.28. The summed E-state index contributed by atoms with van der Waals surface area (Å²) >= 11 is 5.93. The molecule has 0 unspecified atom stereocenters. The third kappa shape index (κ3) is 4.47. The van der Waals surface area contributed by atoms with Crippen molar-refractivity contribution in [3.63, 3.8) is 0 Å². The van der Waals surface area contributed by atoms with Gasteiger partial charge in [-0.1, -0.05) is 11.6 Å². The molecule has 2 fully saturated rings. The van der Waals surface area contributed by atoms with Gasteiger partial charge in [0.25, 0.3) is 0 Å². The predicted molar refractivity (Wildman–Crippen MR) is 87.5 cm³/mol. The lowest BCUT2D eigenvalue weighted by Gasteiger charge is -2.29. The normalized spacial score (nSPS) is 20.0. The van der Waals surface area contributed by atoms with Crippen LogP contribution in [0.15, 0.2) is 0 Å². The van der Waals surface area contributed by atoms with Gasteiger partial charge in [-0.3, -0.25) is 9.48 Å². The quantitative estimate of drug-likeness (QED) is 0.856. The second-order valence-electron chi connectivity index (χ2n) is 6.94. The highest BCUT2D eigenvalue weighted by Gasteiger charge is 2.42. The van der Waals surface area contributed by atoms with Crippen LogP contribution in [0, 0.1) is 0 Å². The molecule has 0 atom stereocenters. The van der Waals surface area contributed by atoms with E-state index in [1.54, 1.807) is 0 Å². The largest absolute Gasteiger partial charge is 0.436 e. The van der Waals surface area contributed by atoms with Crippen molar-refractivity contribution in [1.82, 2.24) is 20.0 Å². The molecule has 25 heavy (non-hydrogen) atoms. The fraction of sp³-hybridized carbons (Fsp3) is 0.750. The Kier molecular flexibility index (Phi) is 5.29. The average Bonchev–Trinajstić information content (AvgIpc) is 3.30. The molecule has 3 rings (SSSR count). The van der Waals surface area contributed by atoms with Crippen molar-refractivity contribution in [3.8, 4) is 0 Å². The molecule has 1 amide bonds. The van der Waals surface area contributed by atoms with Gasteiger partial charge in [-0.25, -0.2) is 0 Å². The van der Waals surface area contributed by atoms with E-state index in [2.05, 4.69) is 15.3 Å². The minimum absolute atomic E-state index is 0.0213. The van der Waals surface area contributed by atoms with Gasteiger partial charge < -0.3 is 10.2 Å². The highest BCUT2D eigenvalue weighted by atomic mass is 35.5. The van der Waals surface area contributed by atoms with Gasteiger partial charge in [-0.05, 0) is 45.8 Å². The van der Waals surface area contributed by atoms with E-state index in [4.69, 9.17) is 11.6 Å². The van der Waals surface area contributed by atoms with E-state index >= 15 is 0 Å². The molecular formula is C16H22ClF3N4O. The van der Waals surface area contributed by atoms with Crippen molar-refractivity contribution in [3.05, 3.63) is 16.4 Å². The summed E-state index contributed by atoms with van der Waals surface area (Å²) in [5, 5.41) is 6.29. The van der Waals surface area contributed by atoms with Crippen molar-refractivity contribution in [1.29, 1.82) is 0 Å². The number of alkyl halides is 3. The van der Waals surface area contributed by atoms with E-state index in [-0.39, 0.29) is 35.9 Å². The van der Waals surface area contributed by atoms with Crippen molar-refractivity contribution < 1.29 is 18.0 Å². The number of nitrogens with one attached hydrogen (secondary N) is 1. The molecule has 1 aromatic heterocycles. The van der Waals surface area contributed by atoms with Crippen LogP contribution in [0.4, 0.5) is 13.2 Å². The van der Waals surface area contributed by atoms with Gasteiger partial charge in [0.05, 0.1) is 17.3 Å². The lowest BCUT2D eigenvalue weighted by Crippen LogP contribution is -2.43. The molecule has 0 bridgehead atoms. The summed E-state index contributed by atoms with van der Waals surface area (Å²) in [6.07, 6.45) is -1.08. The lowest BCUT2D eigenvalue weighted by atomic mass is 10.1. The van der Waals surface area contributed by atoms with E-state index in [0.29, 0.717) is 5.69 Å². The standard InChI is InChI=1S/C16H22ClF3N4O/c1-23-7-4-11(5-8-23)21-12(25)6-9-24-14(10-2-3-10)13(17)15(22-24)16(18,19)20/h10-11H,2-9H2,1H3,(H,21,25). The molecule has 1 saturated heterocycles. The van der Waals surface area contributed by atoms with Gasteiger partial charge >= 0.3 is 6.18 Å². The van der Waals surface area contributed by atoms with Crippen LogP contribution < -0.4 is 5.32 Å². The number of rotatable bonds is 5. The predicted octanol–water partition coefficient (Wildman–Crippen LogP) is 3.03. The lowest BCUT2D eigenvalue weighted by molar-refractivity contribution is -0.141. The second-order valence-corrected chi connectivity index (χ2v) is 7.32. The summed E-state index contributed by atoms with van der Waals surface area (Å²) in [6.45, 7) is 1.97. The number of likely N-dealkylation sites (tertiary alicyclic amines) is 1. The molecule has 1 saturated carbocycles. The molecule has 9 heteroatoms. The molecule has 140 valence electrons. The van der Waals surface area contributed by atoms with E-state index in [9.17, 15) is 18.0 Å². The number of halogens is 4. The fourth-order valence-electron chi connectivity index (χ4n) is 3.21. The van der Waals surface area contributed by atoms with Crippen LogP contribution in [-0.2, 0) is 17.5 Å². The highest BCUT2D eigenvalue weighted by molar-refractivity contribution is 6.32. The number of piperidine rings is 1. The minimum Gasteiger partial charge on any atom is -0.353 e. The van der Waals surface area contributed by atoms with Crippen molar-refractivity contribution in [2.45, 2.75) is 56.8 Å². The van der Waals surface area contributed by atoms with Crippen LogP contribution in [0.3, 0.4) is 0 Å². The summed E-state index contributed by atoms with van der Waals surface area (Å²) < 4.78 is 40.3. The molecule has 2 heterocycles. The fourth-order valence-corrected chi connectivity index (χ4v) is 3.61. The molecule has 1 aliphatic heterocycles. The van der Waals surface area contributed by atoms with Crippen LogP contribution in [0.2, 0.25) is 5.02 Å². The summed E-state index contributed by atoms with van der Waals surface area (Å²) in [5.74, 6) is -0.135. The van der Waals surface area contributed by atoms with Crippen molar-refractivity contribution in [2.75, 3.05) is 20.1 Å². The number of hydrogen-bond donors (Lipinski definition) is 1. The van der Waals surface area contributed by atoms with E-state index in [0.717, 1.165) is 38.8 Å². The van der Waals surface area contributed by atoms with E-state index < -0.39 is 11.9 Å². The Morgan fingerprint density at radius 3 is 2.48 bits per heavy atom. The zero-order chi connectivity index (χ0) is 18.2. The molecule has 0 radical (unpaired) electrons. The number of nitrogens with zero attached hydrogens (tertiary/aromatic N) is 3. The maximum absolute atomic E-state index is 13.0.